The summed E-state index contributed by atoms with van der Waals surface area (Å²) in [5.74, 6) is -1.41. The Bertz CT molecular complexity index is 821. The van der Waals surface area contributed by atoms with Gasteiger partial charge in [0, 0.05) is 22.3 Å². The SMILES string of the molecule is O=C(O)/C=C/c1cccc(NC(=S)NC(=O)c2cccc(Cl)c2)c1. The molecule has 2 aromatic carbocycles. The third-order valence-corrected chi connectivity index (χ3v) is 3.32. The van der Waals surface area contributed by atoms with Crippen LogP contribution in [0.25, 0.3) is 6.08 Å². The minimum absolute atomic E-state index is 0.124. The van der Waals surface area contributed by atoms with Crippen molar-refractivity contribution in [1.82, 2.24) is 5.32 Å². The molecule has 0 spiro atoms. The summed E-state index contributed by atoms with van der Waals surface area (Å²) in [6.45, 7) is 0. The van der Waals surface area contributed by atoms with E-state index in [1.165, 1.54) is 12.1 Å². The molecule has 3 N–H and O–H groups in total. The number of carboxylic acid groups (broad SMARTS) is 1. The Kier molecular flexibility index (Phi) is 6.06. The molecule has 0 radical (unpaired) electrons. The van der Waals surface area contributed by atoms with Crippen LogP contribution in [-0.2, 0) is 4.79 Å². The molecular weight excluding hydrogens is 348 g/mol. The molecule has 0 atom stereocenters. The molecule has 0 aromatic heterocycles. The molecule has 122 valence electrons. The number of carbonyl (C=O) groups excluding carboxylic acids is 1. The maximum atomic E-state index is 12.1. The van der Waals surface area contributed by atoms with E-state index in [9.17, 15) is 9.59 Å². The van der Waals surface area contributed by atoms with Crippen LogP contribution in [0.3, 0.4) is 0 Å². The van der Waals surface area contributed by atoms with E-state index in [0.717, 1.165) is 6.08 Å². The largest absolute Gasteiger partial charge is 0.478 e. The molecule has 5 nitrogen and oxygen atoms in total. The summed E-state index contributed by atoms with van der Waals surface area (Å²) in [5, 5.41) is 14.6. The molecule has 2 rings (SSSR count). The Morgan fingerprint density at radius 1 is 1.12 bits per heavy atom. The molecule has 1 amide bonds. The number of carbonyl (C=O) groups is 2. The summed E-state index contributed by atoms with van der Waals surface area (Å²) in [4.78, 5) is 22.6. The van der Waals surface area contributed by atoms with Crippen LogP contribution in [0.4, 0.5) is 5.69 Å². The van der Waals surface area contributed by atoms with Crippen molar-refractivity contribution in [2.24, 2.45) is 0 Å². The second-order valence-corrected chi connectivity index (χ2v) is 5.56. The van der Waals surface area contributed by atoms with E-state index in [1.54, 1.807) is 42.5 Å². The molecule has 0 saturated heterocycles. The minimum Gasteiger partial charge on any atom is -0.478 e. The van der Waals surface area contributed by atoms with Crippen LogP contribution in [0.15, 0.2) is 54.6 Å². The third-order valence-electron chi connectivity index (χ3n) is 2.88. The quantitative estimate of drug-likeness (QED) is 0.574. The summed E-state index contributed by atoms with van der Waals surface area (Å²) in [5.41, 5.74) is 1.70. The van der Waals surface area contributed by atoms with Crippen molar-refractivity contribution >= 4 is 52.6 Å². The fourth-order valence-electron chi connectivity index (χ4n) is 1.85. The monoisotopic (exact) mass is 360 g/mol. The summed E-state index contributed by atoms with van der Waals surface area (Å²) >= 11 is 11.0. The average molecular weight is 361 g/mol. The molecule has 7 heteroatoms. The number of amides is 1. The van der Waals surface area contributed by atoms with E-state index >= 15 is 0 Å². The molecule has 2 aromatic rings. The van der Waals surface area contributed by atoms with Crippen LogP contribution in [-0.4, -0.2) is 22.1 Å². The van der Waals surface area contributed by atoms with Crippen LogP contribution in [0.1, 0.15) is 15.9 Å². The Morgan fingerprint density at radius 2 is 1.88 bits per heavy atom. The number of nitrogens with one attached hydrogen (secondary N) is 2. The number of thiocarbonyl (C=S) groups is 1. The molecule has 0 aliphatic rings. The van der Waals surface area contributed by atoms with Crippen molar-refractivity contribution in [2.45, 2.75) is 0 Å². The molecule has 0 heterocycles. The zero-order valence-electron chi connectivity index (χ0n) is 12.3. The van der Waals surface area contributed by atoms with E-state index in [2.05, 4.69) is 10.6 Å². The molecule has 0 unspecified atom stereocenters. The lowest BCUT2D eigenvalue weighted by molar-refractivity contribution is -0.131. The van der Waals surface area contributed by atoms with E-state index < -0.39 is 5.97 Å². The Morgan fingerprint density at radius 3 is 2.58 bits per heavy atom. The summed E-state index contributed by atoms with van der Waals surface area (Å²) < 4.78 is 0. The van der Waals surface area contributed by atoms with Gasteiger partial charge >= 0.3 is 5.97 Å². The van der Waals surface area contributed by atoms with Crippen molar-refractivity contribution in [2.75, 3.05) is 5.32 Å². The van der Waals surface area contributed by atoms with Gasteiger partial charge in [0.1, 0.15) is 0 Å². The first kappa shape index (κ1) is 17.7. The smallest absolute Gasteiger partial charge is 0.328 e. The van der Waals surface area contributed by atoms with Gasteiger partial charge in [-0.25, -0.2) is 4.79 Å². The molecule has 0 bridgehead atoms. The van der Waals surface area contributed by atoms with Crippen molar-refractivity contribution in [3.63, 3.8) is 0 Å². The van der Waals surface area contributed by atoms with Gasteiger partial charge in [0.2, 0.25) is 0 Å². The van der Waals surface area contributed by atoms with Crippen molar-refractivity contribution < 1.29 is 14.7 Å². The van der Waals surface area contributed by atoms with Crippen molar-refractivity contribution in [1.29, 1.82) is 0 Å². The van der Waals surface area contributed by atoms with Gasteiger partial charge in [-0.2, -0.15) is 0 Å². The van der Waals surface area contributed by atoms with Gasteiger partial charge in [0.15, 0.2) is 5.11 Å². The minimum atomic E-state index is -1.03. The first-order valence-electron chi connectivity index (χ1n) is 6.83. The number of hydrogen-bond acceptors (Lipinski definition) is 3. The van der Waals surface area contributed by atoms with Gasteiger partial charge in [0.25, 0.3) is 5.91 Å². The number of anilines is 1. The van der Waals surface area contributed by atoms with Crippen molar-refractivity contribution in [3.05, 3.63) is 70.8 Å². The zero-order chi connectivity index (χ0) is 17.5. The van der Waals surface area contributed by atoms with Crippen LogP contribution in [0.5, 0.6) is 0 Å². The zero-order valence-corrected chi connectivity index (χ0v) is 13.9. The van der Waals surface area contributed by atoms with Gasteiger partial charge in [-0.1, -0.05) is 29.8 Å². The van der Waals surface area contributed by atoms with Crippen LogP contribution >= 0.6 is 23.8 Å². The Balaban J connectivity index is 2.01. The van der Waals surface area contributed by atoms with Gasteiger partial charge in [-0.3, -0.25) is 10.1 Å². The number of rotatable bonds is 4. The first-order valence-corrected chi connectivity index (χ1v) is 7.61. The standard InChI is InChI=1S/C17H13ClN2O3S/c18-13-5-2-4-12(10-13)16(23)20-17(24)19-14-6-1-3-11(9-14)7-8-15(21)22/h1-10H,(H,21,22)(H2,19,20,23,24)/b8-7+. The second-order valence-electron chi connectivity index (χ2n) is 4.72. The highest BCUT2D eigenvalue weighted by Crippen LogP contribution is 2.13. The Hall–Kier alpha value is -2.70. The molecule has 0 saturated carbocycles. The summed E-state index contributed by atoms with van der Waals surface area (Å²) in [7, 11) is 0. The number of carboxylic acids is 1. The van der Waals surface area contributed by atoms with Crippen LogP contribution in [0, 0.1) is 0 Å². The van der Waals surface area contributed by atoms with E-state index in [1.807, 2.05) is 0 Å². The highest BCUT2D eigenvalue weighted by Gasteiger charge is 2.08. The molecule has 24 heavy (non-hydrogen) atoms. The summed E-state index contributed by atoms with van der Waals surface area (Å²) in [6, 6.07) is 13.5. The first-order chi connectivity index (χ1) is 11.4. The van der Waals surface area contributed by atoms with Crippen LogP contribution < -0.4 is 10.6 Å². The maximum Gasteiger partial charge on any atom is 0.328 e. The van der Waals surface area contributed by atoms with E-state index in [-0.39, 0.29) is 11.0 Å². The lowest BCUT2D eigenvalue weighted by atomic mass is 10.2. The average Bonchev–Trinajstić information content (AvgIpc) is 2.53. The highest BCUT2D eigenvalue weighted by atomic mass is 35.5. The van der Waals surface area contributed by atoms with E-state index in [0.29, 0.717) is 21.8 Å². The fourth-order valence-corrected chi connectivity index (χ4v) is 2.26. The van der Waals surface area contributed by atoms with Gasteiger partial charge in [0.05, 0.1) is 0 Å². The molecule has 0 aliphatic heterocycles. The highest BCUT2D eigenvalue weighted by molar-refractivity contribution is 7.80. The van der Waals surface area contributed by atoms with Gasteiger partial charge < -0.3 is 10.4 Å². The van der Waals surface area contributed by atoms with E-state index in [4.69, 9.17) is 28.9 Å². The van der Waals surface area contributed by atoms with Gasteiger partial charge in [-0.05, 0) is 54.2 Å². The lowest BCUT2D eigenvalue weighted by Gasteiger charge is -2.10. The normalized spacial score (nSPS) is 10.4. The summed E-state index contributed by atoms with van der Waals surface area (Å²) in [6.07, 6.45) is 2.50. The fraction of sp³-hybridized carbons (Fsp3) is 0. The second kappa shape index (κ2) is 8.24. The number of hydrogen-bond donors (Lipinski definition) is 3. The predicted octanol–water partition coefficient (Wildman–Crippen LogP) is 3.56. The van der Waals surface area contributed by atoms with Gasteiger partial charge in [-0.15, -0.1) is 0 Å². The molecular formula is C17H13ClN2O3S. The van der Waals surface area contributed by atoms with Crippen LogP contribution in [0.2, 0.25) is 5.02 Å². The third kappa shape index (κ3) is 5.49. The number of aliphatic carboxylic acids is 1. The molecule has 0 aliphatic carbocycles. The van der Waals surface area contributed by atoms with Crippen molar-refractivity contribution in [3.8, 4) is 0 Å². The topological polar surface area (TPSA) is 78.4 Å². The lowest BCUT2D eigenvalue weighted by Crippen LogP contribution is -2.34. The predicted molar refractivity (Wildman–Crippen MR) is 98.3 cm³/mol. The number of benzene rings is 2. The Labute approximate surface area is 149 Å². The molecule has 0 fully saturated rings. The number of halogens is 1. The maximum absolute atomic E-state index is 12.1.